The fourth-order valence-corrected chi connectivity index (χ4v) is 0.718. The molecular formula is C4H8N2O2. The van der Waals surface area contributed by atoms with Crippen molar-refractivity contribution < 1.29 is 10.0 Å². The maximum atomic E-state index is 10.4. The van der Waals surface area contributed by atoms with E-state index in [-0.39, 0.29) is 24.9 Å². The third-order valence-electron chi connectivity index (χ3n) is 1.13. The predicted molar refractivity (Wildman–Crippen MR) is 26.1 cm³/mol. The lowest BCUT2D eigenvalue weighted by Crippen LogP contribution is -2.24. The standard InChI is InChI=1S/C4H8N2O2/c5-3-1-4(7)6(8)2-3/h3,8H,1-2,5H2. The first-order valence-corrected chi connectivity index (χ1v) is 2.45. The summed E-state index contributed by atoms with van der Waals surface area (Å²) < 4.78 is 0. The van der Waals surface area contributed by atoms with E-state index < -0.39 is 0 Å². The normalized spacial score (nSPS) is 29.5. The van der Waals surface area contributed by atoms with Crippen LogP contribution < -0.4 is 5.73 Å². The topological polar surface area (TPSA) is 66.6 Å². The Hall–Kier alpha value is -0.610. The smallest absolute Gasteiger partial charge is 0.247 e. The summed E-state index contributed by atoms with van der Waals surface area (Å²) in [5.41, 5.74) is 5.29. The Morgan fingerprint density at radius 3 is 2.62 bits per heavy atom. The molecule has 4 heteroatoms. The zero-order valence-corrected chi connectivity index (χ0v) is 4.37. The molecule has 0 bridgehead atoms. The highest BCUT2D eigenvalue weighted by molar-refractivity contribution is 5.77. The number of hydrogen-bond acceptors (Lipinski definition) is 3. The lowest BCUT2D eigenvalue weighted by Gasteiger charge is -2.02. The summed E-state index contributed by atoms with van der Waals surface area (Å²) >= 11 is 0. The van der Waals surface area contributed by atoms with E-state index >= 15 is 0 Å². The maximum absolute atomic E-state index is 10.4. The maximum Gasteiger partial charge on any atom is 0.247 e. The van der Waals surface area contributed by atoms with Crippen molar-refractivity contribution in [2.75, 3.05) is 6.54 Å². The molecule has 1 aliphatic heterocycles. The molecule has 1 aliphatic rings. The Labute approximate surface area is 46.8 Å². The summed E-state index contributed by atoms with van der Waals surface area (Å²) in [4.78, 5) is 10.4. The van der Waals surface area contributed by atoms with Crippen LogP contribution in [0.3, 0.4) is 0 Å². The second-order valence-electron chi connectivity index (χ2n) is 1.94. The molecule has 0 aromatic carbocycles. The monoisotopic (exact) mass is 116 g/mol. The molecule has 3 N–H and O–H groups in total. The van der Waals surface area contributed by atoms with Crippen LogP contribution in [0, 0.1) is 0 Å². The van der Waals surface area contributed by atoms with Gasteiger partial charge in [0.25, 0.3) is 0 Å². The van der Waals surface area contributed by atoms with E-state index in [1.807, 2.05) is 0 Å². The van der Waals surface area contributed by atoms with Gasteiger partial charge in [0.1, 0.15) is 0 Å². The molecule has 8 heavy (non-hydrogen) atoms. The lowest BCUT2D eigenvalue weighted by atomic mass is 10.3. The van der Waals surface area contributed by atoms with Crippen LogP contribution in [0.15, 0.2) is 0 Å². The molecule has 0 radical (unpaired) electrons. The van der Waals surface area contributed by atoms with E-state index in [1.54, 1.807) is 0 Å². The summed E-state index contributed by atoms with van der Waals surface area (Å²) in [5, 5.41) is 9.23. The number of nitrogens with zero attached hydrogens (tertiary/aromatic N) is 1. The molecule has 1 heterocycles. The van der Waals surface area contributed by atoms with Crippen LogP contribution in [0.1, 0.15) is 6.42 Å². The molecule has 46 valence electrons. The molecule has 1 unspecified atom stereocenters. The van der Waals surface area contributed by atoms with E-state index in [0.717, 1.165) is 0 Å². The molecular weight excluding hydrogens is 108 g/mol. The zero-order chi connectivity index (χ0) is 6.15. The molecule has 1 rings (SSSR count). The van der Waals surface area contributed by atoms with Crippen molar-refractivity contribution in [3.05, 3.63) is 0 Å². The SMILES string of the molecule is NC1CC(=O)N(O)C1. The number of rotatable bonds is 0. The molecule has 1 amide bonds. The van der Waals surface area contributed by atoms with Crippen molar-refractivity contribution in [3.63, 3.8) is 0 Å². The van der Waals surface area contributed by atoms with Crippen LogP contribution in [0.5, 0.6) is 0 Å². The average molecular weight is 116 g/mol. The largest absolute Gasteiger partial charge is 0.326 e. The van der Waals surface area contributed by atoms with Crippen molar-refractivity contribution >= 4 is 5.91 Å². The summed E-state index contributed by atoms with van der Waals surface area (Å²) in [6.07, 6.45) is 0.274. The first kappa shape index (κ1) is 5.53. The Morgan fingerprint density at radius 1 is 1.88 bits per heavy atom. The highest BCUT2D eigenvalue weighted by atomic mass is 16.5. The Morgan fingerprint density at radius 2 is 2.50 bits per heavy atom. The van der Waals surface area contributed by atoms with E-state index in [1.165, 1.54) is 0 Å². The fourth-order valence-electron chi connectivity index (χ4n) is 0.718. The van der Waals surface area contributed by atoms with Gasteiger partial charge in [0.05, 0.1) is 6.54 Å². The van der Waals surface area contributed by atoms with Gasteiger partial charge in [0.2, 0.25) is 5.91 Å². The number of nitrogens with two attached hydrogens (primary N) is 1. The summed E-state index contributed by atoms with van der Waals surface area (Å²) in [7, 11) is 0. The van der Waals surface area contributed by atoms with E-state index in [4.69, 9.17) is 10.9 Å². The van der Waals surface area contributed by atoms with Crippen molar-refractivity contribution in [1.29, 1.82) is 0 Å². The number of carbonyl (C=O) groups excluding carboxylic acids is 1. The molecule has 1 fully saturated rings. The number of carbonyl (C=O) groups is 1. The summed E-state index contributed by atoms with van der Waals surface area (Å²) in [6, 6.07) is -0.174. The lowest BCUT2D eigenvalue weighted by molar-refractivity contribution is -0.157. The van der Waals surface area contributed by atoms with Crippen LogP contribution in [0.4, 0.5) is 0 Å². The summed E-state index contributed by atoms with van der Waals surface area (Å²) in [5.74, 6) is -0.280. The zero-order valence-electron chi connectivity index (χ0n) is 4.37. The average Bonchev–Trinajstić information content (AvgIpc) is 1.85. The van der Waals surface area contributed by atoms with Gasteiger partial charge in [-0.15, -0.1) is 0 Å². The number of amides is 1. The number of hydrogen-bond donors (Lipinski definition) is 2. The van der Waals surface area contributed by atoms with Gasteiger partial charge in [0.15, 0.2) is 0 Å². The van der Waals surface area contributed by atoms with E-state index in [9.17, 15) is 4.79 Å². The quantitative estimate of drug-likeness (QED) is 0.396. The van der Waals surface area contributed by atoms with Crippen molar-refractivity contribution in [2.24, 2.45) is 5.73 Å². The van der Waals surface area contributed by atoms with Gasteiger partial charge in [-0.05, 0) is 0 Å². The minimum absolute atomic E-state index is 0.174. The van der Waals surface area contributed by atoms with Crippen LogP contribution in [-0.4, -0.2) is 28.8 Å². The third kappa shape index (κ3) is 0.801. The summed E-state index contributed by atoms with van der Waals surface area (Å²) in [6.45, 7) is 0.277. The Balaban J connectivity index is 2.51. The highest BCUT2D eigenvalue weighted by Crippen LogP contribution is 2.04. The van der Waals surface area contributed by atoms with Crippen LogP contribution >= 0.6 is 0 Å². The van der Waals surface area contributed by atoms with Crippen LogP contribution in [0.2, 0.25) is 0 Å². The van der Waals surface area contributed by atoms with Crippen molar-refractivity contribution in [1.82, 2.24) is 5.06 Å². The highest BCUT2D eigenvalue weighted by Gasteiger charge is 2.24. The van der Waals surface area contributed by atoms with Gasteiger partial charge in [-0.3, -0.25) is 10.0 Å². The van der Waals surface area contributed by atoms with Crippen molar-refractivity contribution in [2.45, 2.75) is 12.5 Å². The van der Waals surface area contributed by atoms with E-state index in [0.29, 0.717) is 5.06 Å². The molecule has 1 saturated heterocycles. The van der Waals surface area contributed by atoms with Gasteiger partial charge in [0, 0.05) is 12.5 Å². The third-order valence-corrected chi connectivity index (χ3v) is 1.13. The van der Waals surface area contributed by atoms with Gasteiger partial charge in [-0.2, -0.15) is 0 Å². The van der Waals surface area contributed by atoms with Gasteiger partial charge in [-0.25, -0.2) is 5.06 Å². The molecule has 1 atom stereocenters. The molecule has 4 nitrogen and oxygen atoms in total. The van der Waals surface area contributed by atoms with Crippen LogP contribution in [0.25, 0.3) is 0 Å². The molecule has 0 spiro atoms. The first-order valence-electron chi connectivity index (χ1n) is 2.45. The Kier molecular flexibility index (Phi) is 1.19. The predicted octanol–water partition coefficient (Wildman–Crippen LogP) is -1.06. The first-order chi connectivity index (χ1) is 3.70. The van der Waals surface area contributed by atoms with Crippen LogP contribution in [-0.2, 0) is 4.79 Å². The minimum Gasteiger partial charge on any atom is -0.326 e. The molecule has 0 aliphatic carbocycles. The van der Waals surface area contributed by atoms with Crippen molar-refractivity contribution in [3.8, 4) is 0 Å². The minimum atomic E-state index is -0.280. The second-order valence-corrected chi connectivity index (χ2v) is 1.94. The van der Waals surface area contributed by atoms with Gasteiger partial charge >= 0.3 is 0 Å². The van der Waals surface area contributed by atoms with Gasteiger partial charge in [-0.1, -0.05) is 0 Å². The Bertz CT molecular complexity index is 115. The van der Waals surface area contributed by atoms with Gasteiger partial charge < -0.3 is 5.73 Å². The second kappa shape index (κ2) is 1.72. The molecule has 0 aromatic heterocycles. The molecule has 0 saturated carbocycles. The number of hydroxylamine groups is 2. The fraction of sp³-hybridized carbons (Fsp3) is 0.750. The molecule has 0 aromatic rings. The van der Waals surface area contributed by atoms with E-state index in [2.05, 4.69) is 0 Å².